The SMILES string of the molecule is Clc1ccc(CNCc2cc(Br)c3c(c2)OCCO3)s1. The summed E-state index contributed by atoms with van der Waals surface area (Å²) in [5.74, 6) is 1.60. The Hall–Kier alpha value is -0.750. The number of benzene rings is 1. The Morgan fingerprint density at radius 1 is 1.20 bits per heavy atom. The summed E-state index contributed by atoms with van der Waals surface area (Å²) in [5.41, 5.74) is 1.16. The first-order valence-corrected chi connectivity index (χ1v) is 8.24. The van der Waals surface area contributed by atoms with Crippen LogP contribution in [0.5, 0.6) is 11.5 Å². The van der Waals surface area contributed by atoms with Crippen molar-refractivity contribution < 1.29 is 9.47 Å². The van der Waals surface area contributed by atoms with Crippen LogP contribution in [0.25, 0.3) is 0 Å². The number of hydrogen-bond donors (Lipinski definition) is 1. The summed E-state index contributed by atoms with van der Waals surface area (Å²) >= 11 is 11.0. The van der Waals surface area contributed by atoms with Gasteiger partial charge in [0.1, 0.15) is 13.2 Å². The summed E-state index contributed by atoms with van der Waals surface area (Å²) in [6.07, 6.45) is 0. The third kappa shape index (κ3) is 3.28. The number of hydrogen-bond acceptors (Lipinski definition) is 4. The average Bonchev–Trinajstić information content (AvgIpc) is 2.85. The predicted molar refractivity (Wildman–Crippen MR) is 85.0 cm³/mol. The smallest absolute Gasteiger partial charge is 0.175 e. The van der Waals surface area contributed by atoms with Gasteiger partial charge in [-0.3, -0.25) is 0 Å². The normalized spacial score (nSPS) is 13.5. The molecule has 0 fully saturated rings. The minimum absolute atomic E-state index is 0.600. The quantitative estimate of drug-likeness (QED) is 0.869. The third-order valence-corrected chi connectivity index (χ3v) is 4.73. The summed E-state index contributed by atoms with van der Waals surface area (Å²) < 4.78 is 13.0. The molecule has 1 aliphatic heterocycles. The first-order valence-electron chi connectivity index (χ1n) is 6.25. The monoisotopic (exact) mass is 373 g/mol. The topological polar surface area (TPSA) is 30.5 Å². The molecule has 0 bridgehead atoms. The zero-order valence-electron chi connectivity index (χ0n) is 10.6. The van der Waals surface area contributed by atoms with Crippen molar-refractivity contribution in [1.29, 1.82) is 0 Å². The van der Waals surface area contributed by atoms with E-state index < -0.39 is 0 Å². The minimum atomic E-state index is 0.600. The van der Waals surface area contributed by atoms with Crippen LogP contribution in [0.2, 0.25) is 4.34 Å². The molecule has 20 heavy (non-hydrogen) atoms. The molecule has 1 aromatic carbocycles. The highest BCUT2D eigenvalue weighted by Crippen LogP contribution is 2.38. The molecule has 0 amide bonds. The van der Waals surface area contributed by atoms with Gasteiger partial charge in [0, 0.05) is 18.0 Å². The summed E-state index contributed by atoms with van der Waals surface area (Å²) in [5, 5.41) is 3.40. The summed E-state index contributed by atoms with van der Waals surface area (Å²) in [6.45, 7) is 2.78. The zero-order chi connectivity index (χ0) is 13.9. The van der Waals surface area contributed by atoms with E-state index in [2.05, 4.69) is 27.3 Å². The van der Waals surface area contributed by atoms with Gasteiger partial charge in [-0.2, -0.15) is 0 Å². The van der Waals surface area contributed by atoms with Gasteiger partial charge in [-0.05, 0) is 45.8 Å². The Kier molecular flexibility index (Phi) is 4.51. The second kappa shape index (κ2) is 6.35. The fraction of sp³-hybridized carbons (Fsp3) is 0.286. The van der Waals surface area contributed by atoms with Crippen LogP contribution in [0, 0.1) is 0 Å². The van der Waals surface area contributed by atoms with Crippen molar-refractivity contribution in [3.05, 3.63) is 43.5 Å². The third-order valence-electron chi connectivity index (χ3n) is 2.91. The van der Waals surface area contributed by atoms with Crippen molar-refractivity contribution in [3.8, 4) is 11.5 Å². The molecule has 0 unspecified atom stereocenters. The molecule has 3 rings (SSSR count). The standard InChI is InChI=1S/C14H13BrClNO2S/c15-11-5-9(6-12-14(11)19-4-3-18-12)7-17-8-10-1-2-13(16)20-10/h1-2,5-6,17H,3-4,7-8H2. The molecule has 0 spiro atoms. The second-order valence-corrected chi connectivity index (χ2v) is 7.07. The minimum Gasteiger partial charge on any atom is -0.486 e. The lowest BCUT2D eigenvalue weighted by atomic mass is 10.2. The number of halogens is 2. The summed E-state index contributed by atoms with van der Waals surface area (Å²) in [4.78, 5) is 1.23. The highest BCUT2D eigenvalue weighted by atomic mass is 79.9. The molecule has 1 aromatic heterocycles. The van der Waals surface area contributed by atoms with Gasteiger partial charge in [0.25, 0.3) is 0 Å². The molecule has 3 nitrogen and oxygen atoms in total. The predicted octanol–water partition coefficient (Wildman–Crippen LogP) is 4.23. The van der Waals surface area contributed by atoms with Crippen LogP contribution in [0.3, 0.4) is 0 Å². The van der Waals surface area contributed by atoms with Crippen molar-refractivity contribution >= 4 is 38.9 Å². The maximum atomic E-state index is 5.91. The fourth-order valence-corrected chi connectivity index (χ4v) is 3.70. The van der Waals surface area contributed by atoms with Crippen molar-refractivity contribution in [3.63, 3.8) is 0 Å². The largest absolute Gasteiger partial charge is 0.486 e. The number of thiophene rings is 1. The molecule has 0 radical (unpaired) electrons. The van der Waals surface area contributed by atoms with Crippen LogP contribution in [-0.2, 0) is 13.1 Å². The lowest BCUT2D eigenvalue weighted by molar-refractivity contribution is 0.170. The lowest BCUT2D eigenvalue weighted by Crippen LogP contribution is -2.17. The van der Waals surface area contributed by atoms with Gasteiger partial charge >= 0.3 is 0 Å². The number of fused-ring (bicyclic) bond motifs is 1. The average molecular weight is 375 g/mol. The molecule has 1 aliphatic rings. The van der Waals surface area contributed by atoms with Gasteiger partial charge in [-0.15, -0.1) is 11.3 Å². The van der Waals surface area contributed by atoms with E-state index in [1.807, 2.05) is 18.2 Å². The van der Waals surface area contributed by atoms with E-state index in [9.17, 15) is 0 Å². The van der Waals surface area contributed by atoms with E-state index in [1.165, 1.54) is 4.88 Å². The van der Waals surface area contributed by atoms with Crippen molar-refractivity contribution in [2.75, 3.05) is 13.2 Å². The van der Waals surface area contributed by atoms with E-state index in [-0.39, 0.29) is 0 Å². The first-order chi connectivity index (χ1) is 9.72. The number of ether oxygens (including phenoxy) is 2. The van der Waals surface area contributed by atoms with Crippen molar-refractivity contribution in [2.45, 2.75) is 13.1 Å². The van der Waals surface area contributed by atoms with Gasteiger partial charge in [0.15, 0.2) is 11.5 Å². The Morgan fingerprint density at radius 2 is 2.05 bits per heavy atom. The molecule has 6 heteroatoms. The first kappa shape index (κ1) is 14.2. The van der Waals surface area contributed by atoms with E-state index in [0.717, 1.165) is 39.0 Å². The molecule has 1 N–H and O–H groups in total. The Labute approximate surface area is 135 Å². The maximum absolute atomic E-state index is 5.91. The molecular weight excluding hydrogens is 362 g/mol. The summed E-state index contributed by atoms with van der Waals surface area (Å²) in [6, 6.07) is 8.04. The van der Waals surface area contributed by atoms with Gasteiger partial charge in [0.05, 0.1) is 8.81 Å². The van der Waals surface area contributed by atoms with Gasteiger partial charge < -0.3 is 14.8 Å². The van der Waals surface area contributed by atoms with Crippen molar-refractivity contribution in [2.24, 2.45) is 0 Å². The number of rotatable bonds is 4. The lowest BCUT2D eigenvalue weighted by Gasteiger charge is -2.20. The van der Waals surface area contributed by atoms with Gasteiger partial charge in [0.2, 0.25) is 0 Å². The van der Waals surface area contributed by atoms with Crippen LogP contribution >= 0.6 is 38.9 Å². The number of nitrogens with one attached hydrogen (secondary N) is 1. The molecule has 0 saturated heterocycles. The molecule has 0 aliphatic carbocycles. The van der Waals surface area contributed by atoms with Gasteiger partial charge in [-0.25, -0.2) is 0 Å². The Bertz CT molecular complexity index is 617. The highest BCUT2D eigenvalue weighted by molar-refractivity contribution is 9.10. The maximum Gasteiger partial charge on any atom is 0.175 e. The molecule has 106 valence electrons. The van der Waals surface area contributed by atoms with E-state index >= 15 is 0 Å². The summed E-state index contributed by atoms with van der Waals surface area (Å²) in [7, 11) is 0. The molecular formula is C14H13BrClNO2S. The van der Waals surface area contributed by atoms with Crippen LogP contribution in [0.15, 0.2) is 28.7 Å². The molecule has 0 saturated carbocycles. The second-order valence-electron chi connectivity index (χ2n) is 4.41. The van der Waals surface area contributed by atoms with Crippen LogP contribution in [0.1, 0.15) is 10.4 Å². The van der Waals surface area contributed by atoms with E-state index in [0.29, 0.717) is 13.2 Å². The molecule has 0 atom stereocenters. The Balaban J connectivity index is 1.64. The van der Waals surface area contributed by atoms with Gasteiger partial charge in [-0.1, -0.05) is 11.6 Å². The van der Waals surface area contributed by atoms with Crippen LogP contribution in [-0.4, -0.2) is 13.2 Å². The highest BCUT2D eigenvalue weighted by Gasteiger charge is 2.16. The fourth-order valence-electron chi connectivity index (χ4n) is 2.04. The van der Waals surface area contributed by atoms with E-state index in [1.54, 1.807) is 11.3 Å². The van der Waals surface area contributed by atoms with E-state index in [4.69, 9.17) is 21.1 Å². The molecule has 2 aromatic rings. The molecule has 2 heterocycles. The van der Waals surface area contributed by atoms with Crippen LogP contribution in [0.4, 0.5) is 0 Å². The van der Waals surface area contributed by atoms with Crippen LogP contribution < -0.4 is 14.8 Å². The zero-order valence-corrected chi connectivity index (χ0v) is 13.8. The van der Waals surface area contributed by atoms with Crippen molar-refractivity contribution in [1.82, 2.24) is 5.32 Å². The Morgan fingerprint density at radius 3 is 2.85 bits per heavy atom.